The quantitative estimate of drug-likeness (QED) is 0.831. The van der Waals surface area contributed by atoms with Gasteiger partial charge in [0.05, 0.1) is 18.0 Å². The third kappa shape index (κ3) is 3.97. The van der Waals surface area contributed by atoms with Crippen molar-refractivity contribution in [2.75, 3.05) is 32.5 Å². The van der Waals surface area contributed by atoms with E-state index in [0.717, 1.165) is 45.4 Å². The zero-order valence-corrected chi connectivity index (χ0v) is 13.8. The normalized spacial score (nSPS) is 38.3. The molecule has 0 radical (unpaired) electrons. The first-order chi connectivity index (χ1) is 10.0. The molecule has 1 saturated carbocycles. The number of sulfone groups is 1. The molecule has 0 aromatic heterocycles. The van der Waals surface area contributed by atoms with Crippen LogP contribution in [0.15, 0.2) is 0 Å². The van der Waals surface area contributed by atoms with Gasteiger partial charge in [0, 0.05) is 31.4 Å². The van der Waals surface area contributed by atoms with Gasteiger partial charge >= 0.3 is 0 Å². The van der Waals surface area contributed by atoms with Crippen molar-refractivity contribution in [3.05, 3.63) is 0 Å². The summed E-state index contributed by atoms with van der Waals surface area (Å²) < 4.78 is 29.4. The Labute approximate surface area is 128 Å². The molecule has 0 spiro atoms. The monoisotopic (exact) mass is 316 g/mol. The van der Waals surface area contributed by atoms with Crippen LogP contribution in [0, 0.1) is 0 Å². The minimum absolute atomic E-state index is 0.154. The van der Waals surface area contributed by atoms with E-state index in [9.17, 15) is 8.42 Å². The van der Waals surface area contributed by atoms with Crippen LogP contribution in [-0.4, -0.2) is 69.3 Å². The average Bonchev–Trinajstić information content (AvgIpc) is 2.92. The lowest BCUT2D eigenvalue weighted by molar-refractivity contribution is -0.0481. The maximum atomic E-state index is 11.7. The maximum Gasteiger partial charge on any atom is 0.150 e. The molecule has 5 nitrogen and oxygen atoms in total. The number of ether oxygens (including phenoxy) is 1. The minimum atomic E-state index is -2.89. The Bertz CT molecular complexity index is 454. The predicted molar refractivity (Wildman–Crippen MR) is 83.2 cm³/mol. The van der Waals surface area contributed by atoms with Crippen LogP contribution >= 0.6 is 0 Å². The molecule has 2 heterocycles. The third-order valence-corrected chi connectivity index (χ3v) is 6.97. The molecule has 2 aliphatic heterocycles. The summed E-state index contributed by atoms with van der Waals surface area (Å²) in [7, 11) is -2.89. The summed E-state index contributed by atoms with van der Waals surface area (Å²) in [5, 5.41) is 3.40. The van der Waals surface area contributed by atoms with Gasteiger partial charge in [-0.1, -0.05) is 6.42 Å². The first kappa shape index (κ1) is 15.7. The highest BCUT2D eigenvalue weighted by Crippen LogP contribution is 2.25. The summed E-state index contributed by atoms with van der Waals surface area (Å²) in [5.74, 6) is 0. The molecule has 3 aliphatic rings. The second-order valence-electron chi connectivity index (χ2n) is 6.97. The molecule has 1 N–H and O–H groups in total. The second kappa shape index (κ2) is 6.52. The molecule has 0 bridgehead atoms. The number of hydrogen-bond acceptors (Lipinski definition) is 5. The molecular weight excluding hydrogens is 288 g/mol. The molecule has 4 unspecified atom stereocenters. The summed E-state index contributed by atoms with van der Waals surface area (Å²) in [4.78, 5) is 2.55. The minimum Gasteiger partial charge on any atom is -0.374 e. The van der Waals surface area contributed by atoms with Crippen LogP contribution in [0.5, 0.6) is 0 Å². The molecule has 21 heavy (non-hydrogen) atoms. The van der Waals surface area contributed by atoms with Crippen molar-refractivity contribution in [1.29, 1.82) is 0 Å². The fourth-order valence-electron chi connectivity index (χ4n) is 4.03. The van der Waals surface area contributed by atoms with Crippen LogP contribution in [-0.2, 0) is 14.6 Å². The van der Waals surface area contributed by atoms with E-state index in [1.54, 1.807) is 0 Å². The molecule has 6 heteroatoms. The molecule has 4 atom stereocenters. The summed E-state index contributed by atoms with van der Waals surface area (Å²) in [6.07, 6.45) is 7.89. The smallest absolute Gasteiger partial charge is 0.150 e. The summed E-state index contributed by atoms with van der Waals surface area (Å²) in [6.45, 7) is 3.96. The third-order valence-electron chi connectivity index (χ3n) is 5.33. The molecule has 2 saturated heterocycles. The van der Waals surface area contributed by atoms with Crippen molar-refractivity contribution in [2.45, 2.75) is 62.0 Å². The molecule has 0 amide bonds. The molecule has 0 aromatic carbocycles. The lowest BCUT2D eigenvalue weighted by Crippen LogP contribution is -2.51. The Morgan fingerprint density at radius 1 is 1.24 bits per heavy atom. The Morgan fingerprint density at radius 2 is 2.10 bits per heavy atom. The molecule has 1 aliphatic carbocycles. The van der Waals surface area contributed by atoms with Gasteiger partial charge in [-0.05, 0) is 38.6 Å². The van der Waals surface area contributed by atoms with Gasteiger partial charge in [0.2, 0.25) is 0 Å². The average molecular weight is 316 g/mol. The number of fused-ring (bicyclic) bond motifs is 1. The Hall–Kier alpha value is -0.170. The van der Waals surface area contributed by atoms with Gasteiger partial charge in [-0.15, -0.1) is 0 Å². The van der Waals surface area contributed by atoms with Crippen molar-refractivity contribution in [2.24, 2.45) is 0 Å². The van der Waals surface area contributed by atoms with E-state index in [1.165, 1.54) is 25.6 Å². The first-order valence-corrected chi connectivity index (χ1v) is 10.3. The topological polar surface area (TPSA) is 58.6 Å². The van der Waals surface area contributed by atoms with Crippen molar-refractivity contribution >= 4 is 9.84 Å². The van der Waals surface area contributed by atoms with E-state index in [2.05, 4.69) is 10.2 Å². The van der Waals surface area contributed by atoms with E-state index in [4.69, 9.17) is 4.74 Å². The molecule has 3 fully saturated rings. The highest BCUT2D eigenvalue weighted by molar-refractivity contribution is 7.91. The van der Waals surface area contributed by atoms with E-state index in [-0.39, 0.29) is 11.4 Å². The Morgan fingerprint density at radius 3 is 2.90 bits per heavy atom. The second-order valence-corrected chi connectivity index (χ2v) is 9.30. The van der Waals surface area contributed by atoms with Gasteiger partial charge in [-0.25, -0.2) is 8.42 Å². The van der Waals surface area contributed by atoms with Crippen LogP contribution in [0.2, 0.25) is 0 Å². The largest absolute Gasteiger partial charge is 0.374 e. The molecule has 3 rings (SSSR count). The molecule has 0 aromatic rings. The van der Waals surface area contributed by atoms with Gasteiger partial charge in [-0.3, -0.25) is 4.90 Å². The van der Waals surface area contributed by atoms with E-state index >= 15 is 0 Å². The summed E-state index contributed by atoms with van der Waals surface area (Å²) >= 11 is 0. The fraction of sp³-hybridized carbons (Fsp3) is 1.00. The zero-order valence-electron chi connectivity index (χ0n) is 13.0. The van der Waals surface area contributed by atoms with Crippen molar-refractivity contribution in [3.8, 4) is 0 Å². The van der Waals surface area contributed by atoms with E-state index < -0.39 is 9.84 Å². The van der Waals surface area contributed by atoms with E-state index in [1.807, 2.05) is 0 Å². The van der Waals surface area contributed by atoms with Crippen LogP contribution in [0.4, 0.5) is 0 Å². The SMILES string of the molecule is CS(=O)(=O)C1CCCC(NCC2CN3CCCC3CO2)C1. The van der Waals surface area contributed by atoms with Gasteiger partial charge < -0.3 is 10.1 Å². The fourth-order valence-corrected chi connectivity index (χ4v) is 5.20. The van der Waals surface area contributed by atoms with E-state index in [0.29, 0.717) is 12.1 Å². The van der Waals surface area contributed by atoms with Crippen LogP contribution < -0.4 is 5.32 Å². The zero-order chi connectivity index (χ0) is 14.9. The molecular formula is C15H28N2O3S. The van der Waals surface area contributed by atoms with Gasteiger partial charge in [0.25, 0.3) is 0 Å². The van der Waals surface area contributed by atoms with Crippen LogP contribution in [0.1, 0.15) is 38.5 Å². The highest BCUT2D eigenvalue weighted by Gasteiger charge is 2.33. The van der Waals surface area contributed by atoms with Crippen LogP contribution in [0.3, 0.4) is 0 Å². The highest BCUT2D eigenvalue weighted by atomic mass is 32.2. The lowest BCUT2D eigenvalue weighted by atomic mass is 9.95. The predicted octanol–water partition coefficient (Wildman–Crippen LogP) is 0.795. The lowest BCUT2D eigenvalue weighted by Gasteiger charge is -2.36. The van der Waals surface area contributed by atoms with Crippen LogP contribution in [0.25, 0.3) is 0 Å². The summed E-state index contributed by atoms with van der Waals surface area (Å²) in [5.41, 5.74) is 0. The first-order valence-electron chi connectivity index (χ1n) is 8.30. The Balaban J connectivity index is 1.44. The standard InChI is InChI=1S/C15H28N2O3S/c1-21(18,19)15-6-2-4-12(8-15)16-9-14-10-17-7-3-5-13(17)11-20-14/h12-16H,2-11H2,1H3. The summed E-state index contributed by atoms with van der Waals surface area (Å²) in [6, 6.07) is 0.976. The van der Waals surface area contributed by atoms with Crippen molar-refractivity contribution < 1.29 is 13.2 Å². The van der Waals surface area contributed by atoms with Crippen molar-refractivity contribution in [1.82, 2.24) is 10.2 Å². The number of rotatable bonds is 4. The number of morpholine rings is 1. The maximum absolute atomic E-state index is 11.7. The van der Waals surface area contributed by atoms with Crippen molar-refractivity contribution in [3.63, 3.8) is 0 Å². The van der Waals surface area contributed by atoms with Gasteiger partial charge in [0.15, 0.2) is 0 Å². The number of nitrogens with one attached hydrogen (secondary N) is 1. The van der Waals surface area contributed by atoms with Gasteiger partial charge in [0.1, 0.15) is 9.84 Å². The molecule has 122 valence electrons. The Kier molecular flexibility index (Phi) is 4.88. The van der Waals surface area contributed by atoms with Gasteiger partial charge in [-0.2, -0.15) is 0 Å². The number of nitrogens with zero attached hydrogens (tertiary/aromatic N) is 1. The number of hydrogen-bond donors (Lipinski definition) is 1.